The molecule has 1 aromatic carbocycles. The van der Waals surface area contributed by atoms with Crippen LogP contribution in [0.15, 0.2) is 67.0 Å². The van der Waals surface area contributed by atoms with Crippen molar-refractivity contribution in [3.8, 4) is 0 Å². The highest BCUT2D eigenvalue weighted by Crippen LogP contribution is 2.39. The third-order valence-electron chi connectivity index (χ3n) is 4.52. The lowest BCUT2D eigenvalue weighted by atomic mass is 9.72. The summed E-state index contributed by atoms with van der Waals surface area (Å²) in [6.07, 6.45) is 10.1. The number of carbonyl (C=O) groups is 2. The molecule has 1 unspecified atom stereocenters. The van der Waals surface area contributed by atoms with Gasteiger partial charge in [0.2, 0.25) is 11.8 Å². The second-order valence-corrected chi connectivity index (χ2v) is 6.22. The highest BCUT2D eigenvalue weighted by molar-refractivity contribution is 5.93. The largest absolute Gasteiger partial charge is 0.369 e. The van der Waals surface area contributed by atoms with E-state index < -0.39 is 11.3 Å². The zero-order valence-corrected chi connectivity index (χ0v) is 13.7. The van der Waals surface area contributed by atoms with Crippen LogP contribution in [0.4, 0.5) is 0 Å². The zero-order valence-electron chi connectivity index (χ0n) is 13.7. The van der Waals surface area contributed by atoms with Gasteiger partial charge in [-0.1, -0.05) is 30.4 Å². The van der Waals surface area contributed by atoms with Gasteiger partial charge in [0.05, 0.1) is 5.41 Å². The number of primary amides is 2. The molecule has 5 nitrogen and oxygen atoms in total. The molecule has 0 bridgehead atoms. The number of hydrogen-bond donors (Lipinski definition) is 2. The third kappa shape index (κ3) is 3.50. The van der Waals surface area contributed by atoms with E-state index in [9.17, 15) is 9.59 Å². The number of hydrogen-bond acceptors (Lipinski definition) is 3. The minimum Gasteiger partial charge on any atom is -0.369 e. The molecule has 1 atom stereocenters. The van der Waals surface area contributed by atoms with Gasteiger partial charge in [0.1, 0.15) is 0 Å². The van der Waals surface area contributed by atoms with E-state index in [0.29, 0.717) is 18.4 Å². The first-order valence-electron chi connectivity index (χ1n) is 7.98. The first kappa shape index (κ1) is 16.6. The Bertz CT molecular complexity index is 854. The van der Waals surface area contributed by atoms with Crippen molar-refractivity contribution in [3.05, 3.63) is 83.7 Å². The summed E-state index contributed by atoms with van der Waals surface area (Å²) in [4.78, 5) is 27.5. The van der Waals surface area contributed by atoms with Crippen molar-refractivity contribution in [1.29, 1.82) is 0 Å². The molecule has 2 amide bonds. The molecule has 2 aromatic rings. The zero-order chi connectivity index (χ0) is 17.9. The second-order valence-electron chi connectivity index (χ2n) is 6.22. The van der Waals surface area contributed by atoms with E-state index in [2.05, 4.69) is 4.98 Å². The Balaban J connectivity index is 1.89. The molecule has 0 spiro atoms. The molecule has 1 aliphatic carbocycles. The molecule has 0 fully saturated rings. The van der Waals surface area contributed by atoms with Gasteiger partial charge < -0.3 is 11.5 Å². The number of benzene rings is 1. The number of amides is 2. The smallest absolute Gasteiger partial charge is 0.248 e. The highest BCUT2D eigenvalue weighted by Gasteiger charge is 2.36. The first-order valence-corrected chi connectivity index (χ1v) is 7.98. The van der Waals surface area contributed by atoms with Crippen LogP contribution in [0.1, 0.15) is 27.9 Å². The van der Waals surface area contributed by atoms with E-state index in [1.807, 2.05) is 42.5 Å². The normalized spacial score (nSPS) is 19.3. The SMILES string of the molecule is NC(=O)c1ccc(C2=CC=CC(Cc3ccncc3)(C(N)=O)C2)cc1. The quantitative estimate of drug-likeness (QED) is 0.877. The van der Waals surface area contributed by atoms with Crippen molar-refractivity contribution in [2.45, 2.75) is 12.8 Å². The second kappa shape index (κ2) is 6.73. The maximum Gasteiger partial charge on any atom is 0.248 e. The van der Waals surface area contributed by atoms with Crippen LogP contribution in [0.25, 0.3) is 5.57 Å². The standard InChI is InChI=1S/C20H19N3O2/c21-18(24)16-5-3-15(4-6-16)17-2-1-9-20(13-17,19(22)25)12-14-7-10-23-11-8-14/h1-11H,12-13H2,(H2,21,24)(H2,22,25). The number of pyridine rings is 1. The molecular weight excluding hydrogens is 314 g/mol. The lowest BCUT2D eigenvalue weighted by Crippen LogP contribution is -2.38. The number of rotatable bonds is 5. The van der Waals surface area contributed by atoms with E-state index in [1.54, 1.807) is 24.5 Å². The molecule has 0 aliphatic heterocycles. The average molecular weight is 333 g/mol. The third-order valence-corrected chi connectivity index (χ3v) is 4.52. The van der Waals surface area contributed by atoms with Gasteiger partial charge in [-0.15, -0.1) is 0 Å². The molecule has 1 aromatic heterocycles. The Hall–Kier alpha value is -3.21. The number of aromatic nitrogens is 1. The van der Waals surface area contributed by atoms with Crippen molar-refractivity contribution in [2.75, 3.05) is 0 Å². The van der Waals surface area contributed by atoms with E-state index >= 15 is 0 Å². The van der Waals surface area contributed by atoms with Gasteiger partial charge in [-0.2, -0.15) is 0 Å². The lowest BCUT2D eigenvalue weighted by Gasteiger charge is -2.31. The Labute approximate surface area is 146 Å². The van der Waals surface area contributed by atoms with E-state index in [-0.39, 0.29) is 5.91 Å². The predicted molar refractivity (Wildman–Crippen MR) is 96.3 cm³/mol. The number of nitrogens with zero attached hydrogens (tertiary/aromatic N) is 1. The Morgan fingerprint density at radius 2 is 1.72 bits per heavy atom. The molecule has 126 valence electrons. The number of allylic oxidation sites excluding steroid dienone is 3. The number of nitrogens with two attached hydrogens (primary N) is 2. The van der Waals surface area contributed by atoms with Gasteiger partial charge in [-0.25, -0.2) is 0 Å². The highest BCUT2D eigenvalue weighted by atomic mass is 16.1. The summed E-state index contributed by atoms with van der Waals surface area (Å²) in [6, 6.07) is 10.8. The molecule has 0 saturated heterocycles. The van der Waals surface area contributed by atoms with Crippen LogP contribution >= 0.6 is 0 Å². The van der Waals surface area contributed by atoms with Crippen LogP contribution in [-0.4, -0.2) is 16.8 Å². The summed E-state index contributed by atoms with van der Waals surface area (Å²) in [5, 5.41) is 0. The fraction of sp³-hybridized carbons (Fsp3) is 0.150. The fourth-order valence-corrected chi connectivity index (χ4v) is 3.10. The topological polar surface area (TPSA) is 99.1 Å². The minimum absolute atomic E-state index is 0.361. The van der Waals surface area contributed by atoms with Gasteiger partial charge in [0.15, 0.2) is 0 Å². The van der Waals surface area contributed by atoms with Crippen LogP contribution < -0.4 is 11.5 Å². The lowest BCUT2D eigenvalue weighted by molar-refractivity contribution is -0.125. The van der Waals surface area contributed by atoms with Crippen molar-refractivity contribution in [1.82, 2.24) is 4.98 Å². The van der Waals surface area contributed by atoms with Crippen LogP contribution in [0.2, 0.25) is 0 Å². The van der Waals surface area contributed by atoms with Crippen LogP contribution in [0.3, 0.4) is 0 Å². The van der Waals surface area contributed by atoms with Crippen LogP contribution in [-0.2, 0) is 11.2 Å². The Morgan fingerprint density at radius 3 is 2.32 bits per heavy atom. The van der Waals surface area contributed by atoms with Crippen LogP contribution in [0.5, 0.6) is 0 Å². The maximum absolute atomic E-state index is 12.3. The minimum atomic E-state index is -0.784. The molecule has 5 heteroatoms. The summed E-state index contributed by atoms with van der Waals surface area (Å²) in [7, 11) is 0. The molecule has 1 aliphatic rings. The van der Waals surface area contributed by atoms with Gasteiger partial charge in [-0.05, 0) is 53.8 Å². The fourth-order valence-electron chi connectivity index (χ4n) is 3.10. The van der Waals surface area contributed by atoms with E-state index in [4.69, 9.17) is 11.5 Å². The predicted octanol–water partition coefficient (Wildman–Crippen LogP) is 2.24. The molecule has 3 rings (SSSR count). The van der Waals surface area contributed by atoms with Crippen molar-refractivity contribution in [2.24, 2.45) is 16.9 Å². The van der Waals surface area contributed by atoms with Crippen molar-refractivity contribution >= 4 is 17.4 Å². The molecule has 1 heterocycles. The molecular formula is C20H19N3O2. The van der Waals surface area contributed by atoms with Crippen LogP contribution in [0, 0.1) is 5.41 Å². The van der Waals surface area contributed by atoms with Gasteiger partial charge in [0, 0.05) is 18.0 Å². The van der Waals surface area contributed by atoms with Gasteiger partial charge in [-0.3, -0.25) is 14.6 Å². The maximum atomic E-state index is 12.3. The van der Waals surface area contributed by atoms with E-state index in [0.717, 1.165) is 16.7 Å². The number of carbonyl (C=O) groups excluding carboxylic acids is 2. The van der Waals surface area contributed by atoms with Gasteiger partial charge >= 0.3 is 0 Å². The summed E-state index contributed by atoms with van der Waals surface area (Å²) < 4.78 is 0. The summed E-state index contributed by atoms with van der Waals surface area (Å²) in [6.45, 7) is 0. The van der Waals surface area contributed by atoms with E-state index in [1.165, 1.54) is 0 Å². The summed E-state index contributed by atoms with van der Waals surface area (Å²) in [5.41, 5.74) is 13.6. The molecule has 4 N–H and O–H groups in total. The van der Waals surface area contributed by atoms with Crippen molar-refractivity contribution in [3.63, 3.8) is 0 Å². The molecule has 25 heavy (non-hydrogen) atoms. The summed E-state index contributed by atoms with van der Waals surface area (Å²) in [5.74, 6) is -0.826. The Kier molecular flexibility index (Phi) is 4.48. The molecule has 0 saturated carbocycles. The Morgan fingerprint density at radius 1 is 1.04 bits per heavy atom. The summed E-state index contributed by atoms with van der Waals surface area (Å²) >= 11 is 0. The monoisotopic (exact) mass is 333 g/mol. The average Bonchev–Trinajstić information content (AvgIpc) is 2.63. The first-order chi connectivity index (χ1) is 12.0. The van der Waals surface area contributed by atoms with Crippen molar-refractivity contribution < 1.29 is 9.59 Å². The van der Waals surface area contributed by atoms with Gasteiger partial charge in [0.25, 0.3) is 0 Å². The molecule has 0 radical (unpaired) electrons.